The summed E-state index contributed by atoms with van der Waals surface area (Å²) in [5.41, 5.74) is 1.54. The molecule has 2 rings (SSSR count). The van der Waals surface area contributed by atoms with Crippen molar-refractivity contribution < 1.29 is 4.79 Å². The van der Waals surface area contributed by atoms with Crippen LogP contribution in [0.3, 0.4) is 0 Å². The number of carbonyl (C=O) groups is 1. The van der Waals surface area contributed by atoms with E-state index in [1.807, 2.05) is 0 Å². The van der Waals surface area contributed by atoms with Gasteiger partial charge in [-0.15, -0.1) is 0 Å². The van der Waals surface area contributed by atoms with E-state index in [2.05, 4.69) is 16.7 Å². The van der Waals surface area contributed by atoms with E-state index in [-0.39, 0.29) is 5.91 Å². The van der Waals surface area contributed by atoms with Crippen LogP contribution in [0.2, 0.25) is 0 Å². The van der Waals surface area contributed by atoms with Crippen molar-refractivity contribution in [2.24, 2.45) is 5.92 Å². The zero-order valence-corrected chi connectivity index (χ0v) is 11.3. The molecular formula is C15H26N2O. The molecule has 3 nitrogen and oxygen atoms in total. The first kappa shape index (κ1) is 13.6. The molecule has 2 aliphatic rings. The lowest BCUT2D eigenvalue weighted by Crippen LogP contribution is -2.32. The lowest BCUT2D eigenvalue weighted by Gasteiger charge is -2.22. The smallest absolute Gasteiger partial charge is 0.220 e. The van der Waals surface area contributed by atoms with Crippen LogP contribution in [0.25, 0.3) is 0 Å². The Morgan fingerprint density at radius 2 is 2.17 bits per heavy atom. The van der Waals surface area contributed by atoms with Gasteiger partial charge >= 0.3 is 0 Å². The average molecular weight is 250 g/mol. The molecule has 1 aliphatic heterocycles. The van der Waals surface area contributed by atoms with Crippen LogP contribution in [0.5, 0.6) is 0 Å². The van der Waals surface area contributed by atoms with Crippen molar-refractivity contribution in [2.45, 2.75) is 51.4 Å². The molecule has 1 fully saturated rings. The number of carbonyl (C=O) groups excluding carboxylic acids is 1. The predicted octanol–water partition coefficient (Wildman–Crippen LogP) is 2.38. The van der Waals surface area contributed by atoms with Gasteiger partial charge < -0.3 is 10.6 Å². The van der Waals surface area contributed by atoms with Crippen LogP contribution in [0.4, 0.5) is 0 Å². The van der Waals surface area contributed by atoms with Crippen LogP contribution in [0, 0.1) is 5.92 Å². The molecule has 18 heavy (non-hydrogen) atoms. The van der Waals surface area contributed by atoms with Crippen molar-refractivity contribution in [3.63, 3.8) is 0 Å². The Kier molecular flexibility index (Phi) is 5.72. The van der Waals surface area contributed by atoms with Gasteiger partial charge in [-0.25, -0.2) is 0 Å². The zero-order valence-electron chi connectivity index (χ0n) is 11.3. The minimum Gasteiger partial charge on any atom is -0.356 e. The van der Waals surface area contributed by atoms with Crippen molar-refractivity contribution in [2.75, 3.05) is 19.6 Å². The molecule has 0 bridgehead atoms. The monoisotopic (exact) mass is 250 g/mol. The highest BCUT2D eigenvalue weighted by Gasteiger charge is 2.16. The molecule has 0 aromatic rings. The van der Waals surface area contributed by atoms with E-state index in [0.717, 1.165) is 45.3 Å². The molecule has 1 amide bonds. The highest BCUT2D eigenvalue weighted by Crippen LogP contribution is 2.19. The minimum absolute atomic E-state index is 0.248. The molecule has 3 heteroatoms. The van der Waals surface area contributed by atoms with Gasteiger partial charge in [-0.3, -0.25) is 4.79 Å². The van der Waals surface area contributed by atoms with Crippen LogP contribution in [-0.4, -0.2) is 25.5 Å². The highest BCUT2D eigenvalue weighted by molar-refractivity contribution is 5.76. The lowest BCUT2D eigenvalue weighted by atomic mass is 9.94. The fourth-order valence-electron chi connectivity index (χ4n) is 2.91. The number of hydrogen-bond donors (Lipinski definition) is 2. The molecule has 0 radical (unpaired) electrons. The second-order valence-corrected chi connectivity index (χ2v) is 5.61. The minimum atomic E-state index is 0.248. The summed E-state index contributed by atoms with van der Waals surface area (Å²) < 4.78 is 0. The van der Waals surface area contributed by atoms with Crippen LogP contribution >= 0.6 is 0 Å². The van der Waals surface area contributed by atoms with Gasteiger partial charge in [-0.05, 0) is 64.0 Å². The Hall–Kier alpha value is -0.830. The maximum Gasteiger partial charge on any atom is 0.220 e. The van der Waals surface area contributed by atoms with Crippen LogP contribution in [0.15, 0.2) is 11.6 Å². The SMILES string of the molecule is O=C(CC1CCNCC1)NCCC1=CCCCC1. The van der Waals surface area contributed by atoms with E-state index in [0.29, 0.717) is 5.92 Å². The van der Waals surface area contributed by atoms with Crippen LogP contribution in [0.1, 0.15) is 51.4 Å². The molecule has 0 spiro atoms. The Bertz CT molecular complexity index is 293. The van der Waals surface area contributed by atoms with E-state index >= 15 is 0 Å². The third-order valence-corrected chi connectivity index (χ3v) is 4.09. The Labute approximate surface area is 110 Å². The first-order chi connectivity index (χ1) is 8.84. The van der Waals surface area contributed by atoms with E-state index in [4.69, 9.17) is 0 Å². The molecular weight excluding hydrogens is 224 g/mol. The topological polar surface area (TPSA) is 41.1 Å². The predicted molar refractivity (Wildman–Crippen MR) is 74.4 cm³/mol. The van der Waals surface area contributed by atoms with Gasteiger partial charge in [0.05, 0.1) is 0 Å². The first-order valence-electron chi connectivity index (χ1n) is 7.50. The number of piperidine rings is 1. The van der Waals surface area contributed by atoms with Crippen molar-refractivity contribution in [3.05, 3.63) is 11.6 Å². The van der Waals surface area contributed by atoms with Gasteiger partial charge in [0.25, 0.3) is 0 Å². The highest BCUT2D eigenvalue weighted by atomic mass is 16.1. The Morgan fingerprint density at radius 1 is 1.33 bits per heavy atom. The molecule has 0 unspecified atom stereocenters. The van der Waals surface area contributed by atoms with Crippen molar-refractivity contribution >= 4 is 5.91 Å². The van der Waals surface area contributed by atoms with Crippen LogP contribution < -0.4 is 10.6 Å². The summed E-state index contributed by atoms with van der Waals surface area (Å²) in [6.45, 7) is 2.98. The van der Waals surface area contributed by atoms with Gasteiger partial charge in [0.15, 0.2) is 0 Å². The standard InChI is InChI=1S/C15H26N2O/c18-15(12-14-6-9-16-10-7-14)17-11-8-13-4-2-1-3-5-13/h4,14,16H,1-3,5-12H2,(H,17,18). The van der Waals surface area contributed by atoms with Crippen molar-refractivity contribution in [1.82, 2.24) is 10.6 Å². The fraction of sp³-hybridized carbons (Fsp3) is 0.800. The summed E-state index contributed by atoms with van der Waals surface area (Å²) in [7, 11) is 0. The summed E-state index contributed by atoms with van der Waals surface area (Å²) in [4.78, 5) is 11.8. The zero-order chi connectivity index (χ0) is 12.6. The van der Waals surface area contributed by atoms with Gasteiger partial charge in [0, 0.05) is 13.0 Å². The Balaban J connectivity index is 1.57. The molecule has 1 saturated heterocycles. The van der Waals surface area contributed by atoms with E-state index in [9.17, 15) is 4.79 Å². The maximum absolute atomic E-state index is 11.8. The normalized spacial score (nSPS) is 21.4. The molecule has 102 valence electrons. The molecule has 2 N–H and O–H groups in total. The van der Waals surface area contributed by atoms with E-state index < -0.39 is 0 Å². The maximum atomic E-state index is 11.8. The lowest BCUT2D eigenvalue weighted by molar-refractivity contribution is -0.122. The Morgan fingerprint density at radius 3 is 2.89 bits per heavy atom. The molecule has 0 aromatic heterocycles. The van der Waals surface area contributed by atoms with Gasteiger partial charge in [0.1, 0.15) is 0 Å². The second kappa shape index (κ2) is 7.57. The third kappa shape index (κ3) is 4.81. The van der Waals surface area contributed by atoms with Crippen LogP contribution in [-0.2, 0) is 4.79 Å². The molecule has 0 saturated carbocycles. The summed E-state index contributed by atoms with van der Waals surface area (Å²) in [5.74, 6) is 0.846. The summed E-state index contributed by atoms with van der Waals surface area (Å²) in [6.07, 6.45) is 11.6. The molecule has 1 aliphatic carbocycles. The first-order valence-corrected chi connectivity index (χ1v) is 7.50. The number of amides is 1. The molecule has 1 heterocycles. The number of rotatable bonds is 5. The van der Waals surface area contributed by atoms with Gasteiger partial charge in [-0.1, -0.05) is 11.6 Å². The summed E-state index contributed by atoms with van der Waals surface area (Å²) in [6, 6.07) is 0. The van der Waals surface area contributed by atoms with Crippen molar-refractivity contribution in [1.29, 1.82) is 0 Å². The van der Waals surface area contributed by atoms with Crippen molar-refractivity contribution in [3.8, 4) is 0 Å². The molecule has 0 atom stereocenters. The average Bonchev–Trinajstić information content (AvgIpc) is 2.41. The third-order valence-electron chi connectivity index (χ3n) is 4.09. The number of nitrogens with one attached hydrogen (secondary N) is 2. The quantitative estimate of drug-likeness (QED) is 0.736. The number of hydrogen-bond acceptors (Lipinski definition) is 2. The fourth-order valence-corrected chi connectivity index (χ4v) is 2.91. The largest absolute Gasteiger partial charge is 0.356 e. The van der Waals surface area contributed by atoms with Gasteiger partial charge in [0.2, 0.25) is 5.91 Å². The van der Waals surface area contributed by atoms with Gasteiger partial charge in [-0.2, -0.15) is 0 Å². The number of allylic oxidation sites excluding steroid dienone is 1. The summed E-state index contributed by atoms with van der Waals surface area (Å²) >= 11 is 0. The molecule has 0 aromatic carbocycles. The van der Waals surface area contributed by atoms with E-state index in [1.165, 1.54) is 25.7 Å². The summed E-state index contributed by atoms with van der Waals surface area (Å²) in [5, 5.41) is 6.41. The second-order valence-electron chi connectivity index (χ2n) is 5.61. The van der Waals surface area contributed by atoms with E-state index in [1.54, 1.807) is 5.57 Å².